The highest BCUT2D eigenvalue weighted by molar-refractivity contribution is 7.92. The van der Waals surface area contributed by atoms with Gasteiger partial charge in [0.2, 0.25) is 0 Å². The first kappa shape index (κ1) is 20.1. The van der Waals surface area contributed by atoms with Gasteiger partial charge in [0, 0.05) is 30.4 Å². The first-order valence-electron chi connectivity index (χ1n) is 8.33. The van der Waals surface area contributed by atoms with Gasteiger partial charge in [0.15, 0.2) is 14.8 Å². The molecule has 1 atom stereocenters. The van der Waals surface area contributed by atoms with E-state index in [4.69, 9.17) is 11.6 Å². The summed E-state index contributed by atoms with van der Waals surface area (Å²) in [6, 6.07) is 8.18. The predicted octanol–water partition coefficient (Wildman–Crippen LogP) is 3.66. The second-order valence-corrected chi connectivity index (χ2v) is 10.3. The molecule has 7 nitrogen and oxygen atoms in total. The molecular formula is C17H19ClN2O5S2. The van der Waals surface area contributed by atoms with Crippen LogP contribution in [0, 0.1) is 16.0 Å². The molecule has 0 radical (unpaired) electrons. The molecule has 2 aromatic rings. The van der Waals surface area contributed by atoms with Crippen LogP contribution >= 0.6 is 22.9 Å². The summed E-state index contributed by atoms with van der Waals surface area (Å²) >= 11 is 6.81. The van der Waals surface area contributed by atoms with Crippen molar-refractivity contribution in [2.45, 2.75) is 23.2 Å². The van der Waals surface area contributed by atoms with Crippen molar-refractivity contribution in [3.63, 3.8) is 0 Å². The van der Waals surface area contributed by atoms with Gasteiger partial charge in [-0.2, -0.15) is 0 Å². The maximum atomic E-state index is 11.8. The highest BCUT2D eigenvalue weighted by atomic mass is 35.5. The Hall–Kier alpha value is -1.68. The van der Waals surface area contributed by atoms with Crippen molar-refractivity contribution in [1.29, 1.82) is 0 Å². The molecule has 1 unspecified atom stereocenters. The second-order valence-electron chi connectivity index (χ2n) is 6.61. The summed E-state index contributed by atoms with van der Waals surface area (Å²) in [5.74, 6) is 0.0239. The molecule has 0 bridgehead atoms. The molecule has 10 heteroatoms. The number of sulfone groups is 1. The Morgan fingerprint density at radius 3 is 2.41 bits per heavy atom. The largest absolute Gasteiger partial charge is 0.388 e. The van der Waals surface area contributed by atoms with E-state index in [1.165, 1.54) is 0 Å². The Morgan fingerprint density at radius 2 is 1.89 bits per heavy atom. The van der Waals surface area contributed by atoms with Crippen molar-refractivity contribution in [2.75, 3.05) is 24.2 Å². The number of halogens is 1. The fraction of sp³-hybridized carbons (Fsp3) is 0.412. The van der Waals surface area contributed by atoms with Gasteiger partial charge in [0.05, 0.1) is 11.0 Å². The maximum Gasteiger partial charge on any atom is 0.305 e. The summed E-state index contributed by atoms with van der Waals surface area (Å²) < 4.78 is 23.5. The zero-order chi connectivity index (χ0) is 19.8. The molecule has 1 fully saturated rings. The van der Waals surface area contributed by atoms with Gasteiger partial charge >= 0.3 is 5.69 Å². The average Bonchev–Trinajstić information content (AvgIpc) is 3.08. The Morgan fingerprint density at radius 1 is 1.30 bits per heavy atom. The lowest BCUT2D eigenvalue weighted by Gasteiger charge is -2.34. The van der Waals surface area contributed by atoms with E-state index in [1.54, 1.807) is 24.3 Å². The lowest BCUT2D eigenvalue weighted by molar-refractivity contribution is -0.383. The van der Waals surface area contributed by atoms with Gasteiger partial charge in [0.1, 0.15) is 4.21 Å². The lowest BCUT2D eigenvalue weighted by atomic mass is 9.87. The second kappa shape index (κ2) is 7.75. The fourth-order valence-electron chi connectivity index (χ4n) is 3.24. The van der Waals surface area contributed by atoms with Gasteiger partial charge in [-0.25, -0.2) is 8.42 Å². The predicted molar refractivity (Wildman–Crippen MR) is 105 cm³/mol. The Kier molecular flexibility index (Phi) is 5.76. The van der Waals surface area contributed by atoms with E-state index < -0.39 is 20.9 Å². The third kappa shape index (κ3) is 4.43. The van der Waals surface area contributed by atoms with Crippen LogP contribution in [0.3, 0.4) is 0 Å². The minimum atomic E-state index is -3.50. The smallest absolute Gasteiger partial charge is 0.305 e. The molecule has 27 heavy (non-hydrogen) atoms. The van der Waals surface area contributed by atoms with E-state index in [0.29, 0.717) is 36.0 Å². The zero-order valence-electron chi connectivity index (χ0n) is 14.5. The SMILES string of the molecule is CS(=O)(=O)c1cc([N+](=O)[O-])c(N2CCC(C(O)c3ccc(Cl)cc3)CC2)s1. The summed E-state index contributed by atoms with van der Waals surface area (Å²) in [5, 5.41) is 22.9. The minimum Gasteiger partial charge on any atom is -0.388 e. The van der Waals surface area contributed by atoms with Crippen LogP contribution in [0.1, 0.15) is 24.5 Å². The van der Waals surface area contributed by atoms with Crippen molar-refractivity contribution in [2.24, 2.45) is 5.92 Å². The molecule has 0 amide bonds. The molecule has 1 N–H and O–H groups in total. The van der Waals surface area contributed by atoms with E-state index in [-0.39, 0.29) is 15.8 Å². The summed E-state index contributed by atoms with van der Waals surface area (Å²) in [7, 11) is -3.50. The van der Waals surface area contributed by atoms with Gasteiger partial charge in [-0.05, 0) is 36.5 Å². The van der Waals surface area contributed by atoms with Crippen LogP contribution in [0.25, 0.3) is 0 Å². The molecule has 1 aromatic carbocycles. The fourth-order valence-corrected chi connectivity index (χ4v) is 5.45. The Balaban J connectivity index is 1.75. The van der Waals surface area contributed by atoms with Crippen LogP contribution in [-0.2, 0) is 9.84 Å². The molecule has 1 saturated heterocycles. The van der Waals surface area contributed by atoms with E-state index in [1.807, 2.05) is 4.90 Å². The number of anilines is 1. The lowest BCUT2D eigenvalue weighted by Crippen LogP contribution is -2.35. The van der Waals surface area contributed by atoms with E-state index in [0.717, 1.165) is 29.2 Å². The average molecular weight is 431 g/mol. The summed E-state index contributed by atoms with van der Waals surface area (Å²) in [5.41, 5.74) is 0.608. The van der Waals surface area contributed by atoms with Crippen molar-refractivity contribution in [1.82, 2.24) is 0 Å². The van der Waals surface area contributed by atoms with Crippen LogP contribution in [0.5, 0.6) is 0 Å². The third-order valence-electron chi connectivity index (χ3n) is 4.72. The van der Waals surface area contributed by atoms with Crippen molar-refractivity contribution < 1.29 is 18.4 Å². The van der Waals surface area contributed by atoms with Crippen molar-refractivity contribution in [3.05, 3.63) is 51.0 Å². The number of nitrogens with zero attached hydrogens (tertiary/aromatic N) is 2. The summed E-state index contributed by atoms with van der Waals surface area (Å²) in [6.45, 7) is 1.03. The quantitative estimate of drug-likeness (QED) is 0.573. The van der Waals surface area contributed by atoms with E-state index >= 15 is 0 Å². The first-order chi connectivity index (χ1) is 12.7. The van der Waals surface area contributed by atoms with E-state index in [9.17, 15) is 23.6 Å². The number of nitro groups is 1. The van der Waals surface area contributed by atoms with Crippen LogP contribution < -0.4 is 4.90 Å². The molecule has 3 rings (SSSR count). The molecular weight excluding hydrogens is 412 g/mol. The standard InChI is InChI=1S/C17H19ClN2O5S2/c1-27(24,25)15-10-14(20(22)23)17(26-15)19-8-6-12(7-9-19)16(21)11-2-4-13(18)5-3-11/h2-5,10,12,16,21H,6-9H2,1H3. The summed E-state index contributed by atoms with van der Waals surface area (Å²) in [6.07, 6.45) is 1.70. The minimum absolute atomic E-state index is 0.00692. The molecule has 0 aliphatic carbocycles. The number of rotatable bonds is 5. The number of aliphatic hydroxyl groups is 1. The third-order valence-corrected chi connectivity index (χ3v) is 7.96. The molecule has 1 aliphatic heterocycles. The number of benzene rings is 1. The van der Waals surface area contributed by atoms with Crippen LogP contribution in [0.4, 0.5) is 10.7 Å². The molecule has 146 valence electrons. The molecule has 0 saturated carbocycles. The van der Waals surface area contributed by atoms with Gasteiger partial charge in [-0.15, -0.1) is 0 Å². The topological polar surface area (TPSA) is 101 Å². The molecule has 1 aliphatic rings. The Labute approximate surface area is 166 Å². The van der Waals surface area contributed by atoms with Crippen LogP contribution in [-0.4, -0.2) is 37.8 Å². The van der Waals surface area contributed by atoms with Gasteiger partial charge in [0.25, 0.3) is 0 Å². The van der Waals surface area contributed by atoms with Crippen LogP contribution in [0.2, 0.25) is 5.02 Å². The van der Waals surface area contributed by atoms with Gasteiger partial charge < -0.3 is 10.0 Å². The highest BCUT2D eigenvalue weighted by Crippen LogP contribution is 2.42. The Bertz CT molecular complexity index is 935. The first-order valence-corrected chi connectivity index (χ1v) is 11.4. The highest BCUT2D eigenvalue weighted by Gasteiger charge is 2.32. The maximum absolute atomic E-state index is 11.8. The number of thiophene rings is 1. The van der Waals surface area contributed by atoms with Crippen LogP contribution in [0.15, 0.2) is 34.5 Å². The normalized spacial score (nSPS) is 17.1. The molecule has 2 heterocycles. The monoisotopic (exact) mass is 430 g/mol. The van der Waals surface area contributed by atoms with Gasteiger partial charge in [-0.1, -0.05) is 35.1 Å². The molecule has 1 aromatic heterocycles. The van der Waals surface area contributed by atoms with Crippen molar-refractivity contribution in [3.8, 4) is 0 Å². The van der Waals surface area contributed by atoms with E-state index in [2.05, 4.69) is 0 Å². The number of hydrogen-bond acceptors (Lipinski definition) is 7. The molecule has 0 spiro atoms. The number of piperidine rings is 1. The summed E-state index contributed by atoms with van der Waals surface area (Å²) in [4.78, 5) is 12.6. The van der Waals surface area contributed by atoms with Gasteiger partial charge in [-0.3, -0.25) is 10.1 Å². The number of aliphatic hydroxyl groups excluding tert-OH is 1. The van der Waals surface area contributed by atoms with Crippen molar-refractivity contribution >= 4 is 43.5 Å². The zero-order valence-corrected chi connectivity index (χ0v) is 16.9. The number of hydrogen-bond donors (Lipinski definition) is 1.